The molecule has 0 aromatic rings. The lowest BCUT2D eigenvalue weighted by atomic mass is 9.94. The van der Waals surface area contributed by atoms with Crippen LogP contribution >= 0.6 is 0 Å². The van der Waals surface area contributed by atoms with E-state index in [1.807, 2.05) is 0 Å². The molecule has 27 heavy (non-hydrogen) atoms. The maximum absolute atomic E-state index is 10.3. The monoisotopic (exact) mass is 384 g/mol. The molecule has 0 aliphatic carbocycles. The quantitative estimate of drug-likeness (QED) is 0.495. The van der Waals surface area contributed by atoms with Crippen molar-refractivity contribution in [2.24, 2.45) is 11.8 Å². The number of likely N-dealkylation sites (tertiary alicyclic amines) is 2. The number of hydrogen-bond acceptors (Lipinski definition) is 5. The minimum atomic E-state index is -0.367. The first-order valence-corrected chi connectivity index (χ1v) is 11.4. The predicted molar refractivity (Wildman–Crippen MR) is 111 cm³/mol. The smallest absolute Gasteiger partial charge is 0.0900 e. The fourth-order valence-corrected chi connectivity index (χ4v) is 4.86. The van der Waals surface area contributed by atoms with Crippen molar-refractivity contribution >= 4 is 0 Å². The molecule has 2 fully saturated rings. The van der Waals surface area contributed by atoms with Gasteiger partial charge in [-0.15, -0.1) is 0 Å². The van der Waals surface area contributed by atoms with E-state index in [9.17, 15) is 5.11 Å². The van der Waals surface area contributed by atoms with Crippen LogP contribution in [0, 0.1) is 11.8 Å². The van der Waals surface area contributed by atoms with Crippen LogP contribution in [0.15, 0.2) is 0 Å². The number of aliphatic hydroxyl groups excluding tert-OH is 1. The molecule has 0 spiro atoms. The molecule has 5 nitrogen and oxygen atoms in total. The van der Waals surface area contributed by atoms with Crippen LogP contribution in [0.2, 0.25) is 0 Å². The van der Waals surface area contributed by atoms with E-state index in [2.05, 4.69) is 37.5 Å². The Morgan fingerprint density at radius 1 is 1.04 bits per heavy atom. The van der Waals surface area contributed by atoms with Crippen LogP contribution in [0.1, 0.15) is 59.8 Å². The van der Waals surface area contributed by atoms with Crippen molar-refractivity contribution in [3.8, 4) is 0 Å². The zero-order valence-electron chi connectivity index (χ0n) is 18.2. The molecule has 0 aromatic carbocycles. The number of aliphatic hydroxyl groups is 1. The van der Waals surface area contributed by atoms with Gasteiger partial charge in [-0.2, -0.15) is 0 Å². The lowest BCUT2D eigenvalue weighted by molar-refractivity contribution is 0.0147. The van der Waals surface area contributed by atoms with Gasteiger partial charge in [-0.3, -0.25) is 9.80 Å². The number of hydrogen-bond donors (Lipinski definition) is 1. The van der Waals surface area contributed by atoms with E-state index >= 15 is 0 Å². The Morgan fingerprint density at radius 2 is 1.74 bits per heavy atom. The molecule has 160 valence electrons. The molecule has 0 bridgehead atoms. The second kappa shape index (κ2) is 12.4. The number of nitrogens with zero attached hydrogens (tertiary/aromatic N) is 2. The normalized spacial score (nSPS) is 29.4. The summed E-state index contributed by atoms with van der Waals surface area (Å²) in [7, 11) is 0. The third kappa shape index (κ3) is 7.62. The second-order valence-electron chi connectivity index (χ2n) is 8.91. The highest BCUT2D eigenvalue weighted by molar-refractivity contribution is 4.94. The summed E-state index contributed by atoms with van der Waals surface area (Å²) < 4.78 is 11.3. The minimum Gasteiger partial charge on any atom is -0.389 e. The van der Waals surface area contributed by atoms with Gasteiger partial charge < -0.3 is 14.6 Å². The van der Waals surface area contributed by atoms with Crippen LogP contribution in [-0.2, 0) is 9.47 Å². The molecule has 0 aromatic heterocycles. The Kier molecular flexibility index (Phi) is 10.6. The molecule has 5 heteroatoms. The topological polar surface area (TPSA) is 45.2 Å². The van der Waals surface area contributed by atoms with Gasteiger partial charge in [0.1, 0.15) is 0 Å². The zero-order chi connectivity index (χ0) is 19.6. The van der Waals surface area contributed by atoms with Crippen LogP contribution in [-0.4, -0.2) is 85.7 Å². The molecule has 2 saturated heterocycles. The van der Waals surface area contributed by atoms with Gasteiger partial charge in [0.15, 0.2) is 0 Å². The Bertz CT molecular complexity index is 396. The Balaban J connectivity index is 1.77. The average molecular weight is 385 g/mol. The third-order valence-electron chi connectivity index (χ3n) is 6.10. The fourth-order valence-electron chi connectivity index (χ4n) is 4.86. The maximum Gasteiger partial charge on any atom is 0.0900 e. The molecular formula is C22H44N2O3. The third-order valence-corrected chi connectivity index (χ3v) is 6.10. The largest absolute Gasteiger partial charge is 0.389 e. The number of rotatable bonds is 13. The SMILES string of the molecule is CCCOCC(C)CN1CCCC1[C@H]1CC(C)N(CC(O)COCCC)C1. The van der Waals surface area contributed by atoms with Crippen LogP contribution in [0.4, 0.5) is 0 Å². The summed E-state index contributed by atoms with van der Waals surface area (Å²) >= 11 is 0. The maximum atomic E-state index is 10.3. The van der Waals surface area contributed by atoms with E-state index in [-0.39, 0.29) is 6.10 Å². The van der Waals surface area contributed by atoms with E-state index in [0.717, 1.165) is 58.2 Å². The van der Waals surface area contributed by atoms with E-state index in [0.29, 0.717) is 24.6 Å². The van der Waals surface area contributed by atoms with Crippen molar-refractivity contribution in [2.75, 3.05) is 52.6 Å². The highest BCUT2D eigenvalue weighted by Crippen LogP contribution is 2.34. The predicted octanol–water partition coefficient (Wildman–Crippen LogP) is 3.01. The Labute approximate surface area is 167 Å². The van der Waals surface area contributed by atoms with Crippen molar-refractivity contribution < 1.29 is 14.6 Å². The Hall–Kier alpha value is -0.200. The van der Waals surface area contributed by atoms with Gasteiger partial charge in [-0.1, -0.05) is 20.8 Å². The van der Waals surface area contributed by atoms with Crippen molar-refractivity contribution in [2.45, 2.75) is 78.0 Å². The van der Waals surface area contributed by atoms with Crippen molar-refractivity contribution in [1.82, 2.24) is 9.80 Å². The van der Waals surface area contributed by atoms with Gasteiger partial charge in [-0.25, -0.2) is 0 Å². The first kappa shape index (κ1) is 23.1. The van der Waals surface area contributed by atoms with Gasteiger partial charge in [0.25, 0.3) is 0 Å². The molecule has 5 atom stereocenters. The molecule has 0 saturated carbocycles. The van der Waals surface area contributed by atoms with Crippen molar-refractivity contribution in [3.05, 3.63) is 0 Å². The first-order valence-electron chi connectivity index (χ1n) is 11.4. The molecular weight excluding hydrogens is 340 g/mol. The van der Waals surface area contributed by atoms with Gasteiger partial charge in [0.05, 0.1) is 19.3 Å². The van der Waals surface area contributed by atoms with E-state index < -0.39 is 0 Å². The second-order valence-corrected chi connectivity index (χ2v) is 8.91. The Morgan fingerprint density at radius 3 is 2.44 bits per heavy atom. The molecule has 2 aliphatic heterocycles. The van der Waals surface area contributed by atoms with Crippen LogP contribution in [0.3, 0.4) is 0 Å². The summed E-state index contributed by atoms with van der Waals surface area (Å²) in [5.74, 6) is 1.33. The van der Waals surface area contributed by atoms with Crippen LogP contribution in [0.5, 0.6) is 0 Å². The molecule has 2 aliphatic rings. The lowest BCUT2D eigenvalue weighted by Crippen LogP contribution is -2.41. The number of ether oxygens (including phenoxy) is 2. The molecule has 2 rings (SSSR count). The molecule has 0 amide bonds. The van der Waals surface area contributed by atoms with Gasteiger partial charge >= 0.3 is 0 Å². The molecule has 1 N–H and O–H groups in total. The lowest BCUT2D eigenvalue weighted by Gasteiger charge is -2.31. The van der Waals surface area contributed by atoms with Crippen molar-refractivity contribution in [1.29, 1.82) is 0 Å². The van der Waals surface area contributed by atoms with Crippen LogP contribution in [0.25, 0.3) is 0 Å². The summed E-state index contributed by atoms with van der Waals surface area (Å²) in [6.45, 7) is 16.1. The minimum absolute atomic E-state index is 0.367. The standard InChI is InChI=1S/C22H44N2O3/c1-5-10-26-16-18(3)13-23-9-7-8-22(23)20-12-19(4)24(14-20)15-21(25)17-27-11-6-2/h18-22,25H,5-17H2,1-4H3/t18?,19?,20-,21?,22?/m0/s1. The summed E-state index contributed by atoms with van der Waals surface area (Å²) in [5.41, 5.74) is 0. The van der Waals surface area contributed by atoms with Gasteiger partial charge in [-0.05, 0) is 57.4 Å². The highest BCUT2D eigenvalue weighted by Gasteiger charge is 2.39. The fraction of sp³-hybridized carbons (Fsp3) is 1.00. The first-order chi connectivity index (χ1) is 13.0. The zero-order valence-corrected chi connectivity index (χ0v) is 18.2. The summed E-state index contributed by atoms with van der Waals surface area (Å²) in [6.07, 6.45) is 5.65. The highest BCUT2D eigenvalue weighted by atomic mass is 16.5. The average Bonchev–Trinajstić information content (AvgIpc) is 3.22. The molecule has 0 radical (unpaired) electrons. The van der Waals surface area contributed by atoms with E-state index in [1.165, 1.54) is 25.8 Å². The van der Waals surface area contributed by atoms with Crippen molar-refractivity contribution in [3.63, 3.8) is 0 Å². The van der Waals surface area contributed by atoms with E-state index in [4.69, 9.17) is 9.47 Å². The van der Waals surface area contributed by atoms with Gasteiger partial charge in [0.2, 0.25) is 0 Å². The number of β-amino-alcohol motifs (C(OH)–C–C–N with tert-alkyl or cyclic N) is 1. The summed E-state index contributed by atoms with van der Waals surface area (Å²) in [5, 5.41) is 10.3. The molecule has 4 unspecified atom stereocenters. The molecule has 2 heterocycles. The summed E-state index contributed by atoms with van der Waals surface area (Å²) in [6, 6.07) is 1.27. The summed E-state index contributed by atoms with van der Waals surface area (Å²) in [4.78, 5) is 5.20. The van der Waals surface area contributed by atoms with Gasteiger partial charge in [0, 0.05) is 44.9 Å². The van der Waals surface area contributed by atoms with E-state index in [1.54, 1.807) is 0 Å². The van der Waals surface area contributed by atoms with Crippen LogP contribution < -0.4 is 0 Å².